The van der Waals surface area contributed by atoms with Crippen molar-refractivity contribution in [2.45, 2.75) is 19.0 Å². The highest BCUT2D eigenvalue weighted by Gasteiger charge is 2.35. The average Bonchev–Trinajstić information content (AvgIpc) is 3.00. The van der Waals surface area contributed by atoms with Gasteiger partial charge in [-0.25, -0.2) is 0 Å². The number of thiophene rings is 1. The lowest BCUT2D eigenvalue weighted by atomic mass is 9.91. The summed E-state index contributed by atoms with van der Waals surface area (Å²) in [5, 5.41) is 0. The summed E-state index contributed by atoms with van der Waals surface area (Å²) in [6.07, 6.45) is 0. The minimum Gasteiger partial charge on any atom is -0.338 e. The van der Waals surface area contributed by atoms with Gasteiger partial charge in [0.15, 0.2) is 0 Å². The second-order valence-corrected chi connectivity index (χ2v) is 8.14. The van der Waals surface area contributed by atoms with E-state index in [1.807, 2.05) is 41.3 Å². The van der Waals surface area contributed by atoms with E-state index in [0.717, 1.165) is 29.5 Å². The number of piperazine rings is 1. The van der Waals surface area contributed by atoms with Gasteiger partial charge < -0.3 is 10.6 Å². The van der Waals surface area contributed by atoms with Crippen molar-refractivity contribution in [1.82, 2.24) is 9.80 Å². The summed E-state index contributed by atoms with van der Waals surface area (Å²) in [6.45, 7) is 5.80. The summed E-state index contributed by atoms with van der Waals surface area (Å²) in [5.41, 5.74) is 6.23. The fraction of sp³-hybridized carbons (Fsp3) is 0.389. The minimum absolute atomic E-state index is 0. The monoisotopic (exact) mass is 435 g/mol. The number of carbonyl (C=O) groups is 1. The molecule has 2 N–H and O–H groups in total. The highest BCUT2D eigenvalue weighted by molar-refractivity contribution is 7.16. The molecule has 26 heavy (non-hydrogen) atoms. The summed E-state index contributed by atoms with van der Waals surface area (Å²) in [6, 6.07) is 13.6. The average molecular weight is 437 g/mol. The molecule has 0 radical (unpaired) electrons. The molecule has 1 aromatic carbocycles. The van der Waals surface area contributed by atoms with Crippen molar-refractivity contribution in [2.24, 2.45) is 5.73 Å². The van der Waals surface area contributed by atoms with Crippen molar-refractivity contribution in [3.8, 4) is 0 Å². The smallest absolute Gasteiger partial charge is 0.247 e. The normalized spacial score (nSPS) is 17.0. The summed E-state index contributed by atoms with van der Waals surface area (Å²) in [4.78, 5) is 18.3. The van der Waals surface area contributed by atoms with Crippen LogP contribution in [0, 0.1) is 0 Å². The van der Waals surface area contributed by atoms with Gasteiger partial charge >= 0.3 is 0 Å². The maximum Gasteiger partial charge on any atom is 0.247 e. The van der Waals surface area contributed by atoms with Crippen LogP contribution < -0.4 is 5.73 Å². The number of hydrogen-bond donors (Lipinski definition) is 1. The van der Waals surface area contributed by atoms with Crippen molar-refractivity contribution in [2.75, 3.05) is 26.2 Å². The van der Waals surface area contributed by atoms with Crippen LogP contribution in [0.1, 0.15) is 17.4 Å². The van der Waals surface area contributed by atoms with Crippen molar-refractivity contribution >= 4 is 53.7 Å². The molecule has 1 amide bonds. The van der Waals surface area contributed by atoms with Gasteiger partial charge in [0.1, 0.15) is 5.54 Å². The van der Waals surface area contributed by atoms with E-state index in [9.17, 15) is 4.79 Å². The molecule has 3 rings (SSSR count). The Kier molecular flexibility index (Phi) is 8.86. The molecule has 1 aliphatic heterocycles. The van der Waals surface area contributed by atoms with E-state index in [2.05, 4.69) is 11.0 Å². The van der Waals surface area contributed by atoms with Crippen molar-refractivity contribution in [1.29, 1.82) is 0 Å². The Balaban J connectivity index is 0.00000169. The Labute approximate surface area is 176 Å². The van der Waals surface area contributed by atoms with Crippen LogP contribution in [0.3, 0.4) is 0 Å². The largest absolute Gasteiger partial charge is 0.338 e. The van der Waals surface area contributed by atoms with Crippen LogP contribution in [0.5, 0.6) is 0 Å². The number of halogens is 3. The minimum atomic E-state index is -0.981. The second-order valence-electron chi connectivity index (χ2n) is 6.34. The van der Waals surface area contributed by atoms with Crippen LogP contribution in [0.25, 0.3) is 0 Å². The third-order valence-corrected chi connectivity index (χ3v) is 5.70. The standard InChI is InChI=1S/C18H22ClN3OS.2ClH/c1-18(20,14-5-3-2-4-6-14)17(23)22-11-9-21(10-12-22)13-15-7-8-16(19)24-15;;/h2-8H,9-13,20H2,1H3;2*1H. The van der Waals surface area contributed by atoms with E-state index >= 15 is 0 Å². The van der Waals surface area contributed by atoms with E-state index < -0.39 is 5.54 Å². The maximum atomic E-state index is 12.9. The maximum absolute atomic E-state index is 12.9. The van der Waals surface area contributed by atoms with Gasteiger partial charge in [-0.15, -0.1) is 36.2 Å². The lowest BCUT2D eigenvalue weighted by Gasteiger charge is -2.38. The molecule has 1 saturated heterocycles. The first kappa shape index (κ1) is 23.2. The van der Waals surface area contributed by atoms with Crippen LogP contribution in [0.15, 0.2) is 42.5 Å². The number of carbonyl (C=O) groups excluding carboxylic acids is 1. The quantitative estimate of drug-likeness (QED) is 0.794. The number of benzene rings is 1. The molecule has 1 aliphatic rings. The molecule has 0 saturated carbocycles. The first-order chi connectivity index (χ1) is 11.5. The lowest BCUT2D eigenvalue weighted by Crippen LogP contribution is -2.56. The third kappa shape index (κ3) is 5.35. The molecule has 4 nitrogen and oxygen atoms in total. The highest BCUT2D eigenvalue weighted by atomic mass is 35.5. The zero-order valence-electron chi connectivity index (χ0n) is 14.6. The first-order valence-corrected chi connectivity index (χ1v) is 9.26. The van der Waals surface area contributed by atoms with Crippen molar-refractivity contribution in [3.63, 3.8) is 0 Å². The van der Waals surface area contributed by atoms with Gasteiger partial charge in [-0.1, -0.05) is 41.9 Å². The van der Waals surface area contributed by atoms with Crippen LogP contribution in [0.2, 0.25) is 4.34 Å². The second kappa shape index (κ2) is 9.93. The topological polar surface area (TPSA) is 49.6 Å². The molecular weight excluding hydrogens is 413 g/mol. The molecule has 1 atom stereocenters. The van der Waals surface area contributed by atoms with Crippen molar-refractivity contribution < 1.29 is 4.79 Å². The Morgan fingerprint density at radius 2 is 1.73 bits per heavy atom. The first-order valence-electron chi connectivity index (χ1n) is 8.07. The molecule has 8 heteroatoms. The van der Waals surface area contributed by atoms with Gasteiger partial charge in [-0.2, -0.15) is 0 Å². The summed E-state index contributed by atoms with van der Waals surface area (Å²) >= 11 is 7.60. The number of hydrogen-bond acceptors (Lipinski definition) is 4. The molecule has 144 valence electrons. The van der Waals surface area contributed by atoms with Gasteiger partial charge in [0, 0.05) is 37.6 Å². The highest BCUT2D eigenvalue weighted by Crippen LogP contribution is 2.24. The van der Waals surface area contributed by atoms with Crippen molar-refractivity contribution in [3.05, 3.63) is 57.2 Å². The summed E-state index contributed by atoms with van der Waals surface area (Å²) < 4.78 is 0.820. The van der Waals surface area contributed by atoms with E-state index in [1.54, 1.807) is 18.3 Å². The zero-order valence-corrected chi connectivity index (χ0v) is 17.8. The Bertz CT molecular complexity index is 701. The molecule has 0 aliphatic carbocycles. The molecular formula is C18H24Cl3N3OS. The molecule has 1 unspecified atom stereocenters. The molecule has 0 bridgehead atoms. The molecule has 2 aromatic rings. The number of rotatable bonds is 4. The van der Waals surface area contributed by atoms with Gasteiger partial charge in [0.25, 0.3) is 0 Å². The predicted octanol–water partition coefficient (Wildman–Crippen LogP) is 3.76. The third-order valence-electron chi connectivity index (χ3n) is 4.49. The van der Waals surface area contributed by atoms with E-state index in [4.69, 9.17) is 17.3 Å². The van der Waals surface area contributed by atoms with E-state index in [0.29, 0.717) is 13.1 Å². The van der Waals surface area contributed by atoms with Gasteiger partial charge in [-0.3, -0.25) is 9.69 Å². The lowest BCUT2D eigenvalue weighted by molar-refractivity contribution is -0.138. The predicted molar refractivity (Wildman–Crippen MR) is 114 cm³/mol. The zero-order chi connectivity index (χ0) is 17.2. The Hall–Kier alpha value is -0.820. The van der Waals surface area contributed by atoms with Gasteiger partial charge in [-0.05, 0) is 24.6 Å². The van der Waals surface area contributed by atoms with Gasteiger partial charge in [0.05, 0.1) is 4.34 Å². The molecule has 1 fully saturated rings. The molecule has 1 aromatic heterocycles. The van der Waals surface area contributed by atoms with E-state index in [-0.39, 0.29) is 30.7 Å². The van der Waals surface area contributed by atoms with E-state index in [1.165, 1.54) is 4.88 Å². The number of nitrogens with two attached hydrogens (primary N) is 1. The van der Waals surface area contributed by atoms with Crippen LogP contribution >= 0.6 is 47.8 Å². The van der Waals surface area contributed by atoms with Gasteiger partial charge in [0.2, 0.25) is 5.91 Å². The number of amides is 1. The summed E-state index contributed by atoms with van der Waals surface area (Å²) in [5.74, 6) is -0.00693. The molecule has 2 heterocycles. The Morgan fingerprint density at radius 1 is 1.12 bits per heavy atom. The van der Waals surface area contributed by atoms with Crippen LogP contribution in [-0.2, 0) is 16.9 Å². The Morgan fingerprint density at radius 3 is 2.27 bits per heavy atom. The summed E-state index contributed by atoms with van der Waals surface area (Å²) in [7, 11) is 0. The number of nitrogens with zero attached hydrogens (tertiary/aromatic N) is 2. The SMILES string of the molecule is CC(N)(C(=O)N1CCN(Cc2ccc(Cl)s2)CC1)c1ccccc1.Cl.Cl. The molecule has 0 spiro atoms. The fourth-order valence-electron chi connectivity index (χ4n) is 3.00. The van der Waals surface area contributed by atoms with Crippen LogP contribution in [0.4, 0.5) is 0 Å². The van der Waals surface area contributed by atoms with Crippen LogP contribution in [-0.4, -0.2) is 41.9 Å². The fourth-order valence-corrected chi connectivity index (χ4v) is 4.13.